The lowest BCUT2D eigenvalue weighted by Crippen LogP contribution is -2.37. The van der Waals surface area contributed by atoms with Crippen molar-refractivity contribution in [2.45, 2.75) is 39.2 Å². The molecule has 2 aromatic rings. The summed E-state index contributed by atoms with van der Waals surface area (Å²) in [5.74, 6) is 0.0616. The number of thiophene rings is 1. The second-order valence-corrected chi connectivity index (χ2v) is 5.99. The summed E-state index contributed by atoms with van der Waals surface area (Å²) < 4.78 is 1.27. The van der Waals surface area contributed by atoms with Crippen LogP contribution in [0.4, 0.5) is 5.69 Å². The highest BCUT2D eigenvalue weighted by Gasteiger charge is 2.11. The van der Waals surface area contributed by atoms with E-state index in [1.54, 1.807) is 11.3 Å². The lowest BCUT2D eigenvalue weighted by atomic mass is 10.2. The summed E-state index contributed by atoms with van der Waals surface area (Å²) in [4.78, 5) is 12.0. The van der Waals surface area contributed by atoms with Crippen LogP contribution in [0.15, 0.2) is 29.6 Å². The summed E-state index contributed by atoms with van der Waals surface area (Å²) in [5, 5.41) is 9.53. The van der Waals surface area contributed by atoms with E-state index in [9.17, 15) is 4.79 Å². The van der Waals surface area contributed by atoms with Crippen molar-refractivity contribution >= 4 is 33.0 Å². The van der Waals surface area contributed by atoms with Crippen LogP contribution in [-0.4, -0.2) is 18.5 Å². The number of nitrogens with one attached hydrogen (secondary N) is 2. The molecular weight excluding hydrogens is 268 g/mol. The number of amides is 1. The Kier molecular flexibility index (Phi) is 5.41. The molecule has 1 aromatic heterocycles. The molecule has 20 heavy (non-hydrogen) atoms. The zero-order valence-corrected chi connectivity index (χ0v) is 12.9. The predicted molar refractivity (Wildman–Crippen MR) is 87.4 cm³/mol. The van der Waals surface area contributed by atoms with Gasteiger partial charge in [0.05, 0.1) is 0 Å². The maximum atomic E-state index is 12.0. The molecule has 0 aliphatic rings. The molecule has 1 aromatic carbocycles. The molecule has 0 bridgehead atoms. The van der Waals surface area contributed by atoms with Gasteiger partial charge in [0.1, 0.15) is 6.04 Å². The van der Waals surface area contributed by atoms with Crippen LogP contribution in [0, 0.1) is 0 Å². The second-order valence-electron chi connectivity index (χ2n) is 5.04. The third-order valence-corrected chi connectivity index (χ3v) is 4.21. The third-order valence-electron chi connectivity index (χ3n) is 3.31. The molecule has 0 saturated heterocycles. The van der Waals surface area contributed by atoms with Gasteiger partial charge >= 0.3 is 0 Å². The van der Waals surface area contributed by atoms with Gasteiger partial charge in [0.2, 0.25) is 5.91 Å². The van der Waals surface area contributed by atoms with Crippen LogP contribution in [0.1, 0.15) is 33.1 Å². The van der Waals surface area contributed by atoms with E-state index in [2.05, 4.69) is 41.1 Å². The van der Waals surface area contributed by atoms with Crippen molar-refractivity contribution in [1.82, 2.24) is 5.32 Å². The van der Waals surface area contributed by atoms with Gasteiger partial charge < -0.3 is 10.6 Å². The third kappa shape index (κ3) is 3.97. The molecule has 4 heteroatoms. The number of benzene rings is 1. The average Bonchev–Trinajstić information content (AvgIpc) is 2.90. The molecular formula is C16H22N2OS. The molecule has 108 valence electrons. The van der Waals surface area contributed by atoms with E-state index in [1.165, 1.54) is 16.5 Å². The van der Waals surface area contributed by atoms with E-state index in [0.717, 1.165) is 25.1 Å². The maximum absolute atomic E-state index is 12.0. The monoisotopic (exact) mass is 290 g/mol. The molecule has 1 heterocycles. The quantitative estimate of drug-likeness (QED) is 0.757. The van der Waals surface area contributed by atoms with Gasteiger partial charge in [-0.3, -0.25) is 4.79 Å². The molecule has 0 aliphatic heterocycles. The van der Waals surface area contributed by atoms with E-state index >= 15 is 0 Å². The first-order valence-electron chi connectivity index (χ1n) is 7.22. The van der Waals surface area contributed by atoms with E-state index in [1.807, 2.05) is 13.0 Å². The van der Waals surface area contributed by atoms with Crippen LogP contribution in [0.2, 0.25) is 0 Å². The molecule has 0 radical (unpaired) electrons. The van der Waals surface area contributed by atoms with Crippen molar-refractivity contribution in [2.75, 3.05) is 11.9 Å². The fraction of sp³-hybridized carbons (Fsp3) is 0.438. The van der Waals surface area contributed by atoms with E-state index in [-0.39, 0.29) is 11.9 Å². The van der Waals surface area contributed by atoms with E-state index in [4.69, 9.17) is 0 Å². The van der Waals surface area contributed by atoms with Gasteiger partial charge in [-0.2, -0.15) is 0 Å². The summed E-state index contributed by atoms with van der Waals surface area (Å²) in [5.41, 5.74) is 0.993. The number of rotatable bonds is 7. The van der Waals surface area contributed by atoms with E-state index < -0.39 is 0 Å². The summed E-state index contributed by atoms with van der Waals surface area (Å²) in [7, 11) is 0. The van der Waals surface area contributed by atoms with Crippen LogP contribution in [0.25, 0.3) is 10.1 Å². The molecule has 0 aliphatic carbocycles. The molecule has 2 N–H and O–H groups in total. The highest BCUT2D eigenvalue weighted by Crippen LogP contribution is 2.24. The molecule has 0 saturated carbocycles. The minimum Gasteiger partial charge on any atom is -0.374 e. The number of fused-ring (bicyclic) bond motifs is 1. The standard InChI is InChI=1S/C16H22N2OS/c1-3-4-5-9-17-16(19)12(2)18-14-6-7-15-13(11-14)8-10-20-15/h6-8,10-12,18H,3-5,9H2,1-2H3,(H,17,19). The van der Waals surface area contributed by atoms with Gasteiger partial charge in [0.15, 0.2) is 0 Å². The number of carbonyl (C=O) groups excluding carboxylic acids is 1. The summed E-state index contributed by atoms with van der Waals surface area (Å²) >= 11 is 1.73. The van der Waals surface area contributed by atoms with Gasteiger partial charge in [-0.05, 0) is 48.4 Å². The molecule has 0 spiro atoms. The van der Waals surface area contributed by atoms with E-state index in [0.29, 0.717) is 0 Å². The predicted octanol–water partition coefficient (Wildman–Crippen LogP) is 4.01. The SMILES string of the molecule is CCCCCNC(=O)C(C)Nc1ccc2sccc2c1. The highest BCUT2D eigenvalue weighted by molar-refractivity contribution is 7.17. The van der Waals surface area contributed by atoms with Gasteiger partial charge in [-0.15, -0.1) is 11.3 Å². The average molecular weight is 290 g/mol. The van der Waals surface area contributed by atoms with Crippen LogP contribution in [-0.2, 0) is 4.79 Å². The van der Waals surface area contributed by atoms with Crippen LogP contribution < -0.4 is 10.6 Å². The normalized spacial score (nSPS) is 12.3. The first-order valence-corrected chi connectivity index (χ1v) is 8.10. The smallest absolute Gasteiger partial charge is 0.242 e. The fourth-order valence-electron chi connectivity index (χ4n) is 2.11. The van der Waals surface area contributed by atoms with Crippen LogP contribution in [0.3, 0.4) is 0 Å². The number of anilines is 1. The Morgan fingerprint density at radius 2 is 2.15 bits per heavy atom. The molecule has 1 amide bonds. The van der Waals surface area contributed by atoms with Gasteiger partial charge in [-0.1, -0.05) is 19.8 Å². The largest absolute Gasteiger partial charge is 0.374 e. The first kappa shape index (κ1) is 14.9. The Morgan fingerprint density at radius 3 is 2.95 bits per heavy atom. The van der Waals surface area contributed by atoms with Crippen LogP contribution in [0.5, 0.6) is 0 Å². The maximum Gasteiger partial charge on any atom is 0.242 e. The van der Waals surface area contributed by atoms with Gasteiger partial charge in [0.25, 0.3) is 0 Å². The van der Waals surface area contributed by atoms with Gasteiger partial charge in [-0.25, -0.2) is 0 Å². The number of carbonyl (C=O) groups is 1. The lowest BCUT2D eigenvalue weighted by Gasteiger charge is -2.15. The number of hydrogen-bond acceptors (Lipinski definition) is 3. The lowest BCUT2D eigenvalue weighted by molar-refractivity contribution is -0.121. The fourth-order valence-corrected chi connectivity index (χ4v) is 2.88. The number of hydrogen-bond donors (Lipinski definition) is 2. The Balaban J connectivity index is 1.86. The van der Waals surface area contributed by atoms with Crippen molar-refractivity contribution in [1.29, 1.82) is 0 Å². The Morgan fingerprint density at radius 1 is 1.30 bits per heavy atom. The minimum atomic E-state index is -0.215. The summed E-state index contributed by atoms with van der Waals surface area (Å²) in [6.45, 7) is 4.82. The Labute approximate surface area is 124 Å². The molecule has 1 atom stereocenters. The van der Waals surface area contributed by atoms with Crippen molar-refractivity contribution in [3.8, 4) is 0 Å². The first-order chi connectivity index (χ1) is 9.70. The summed E-state index contributed by atoms with van der Waals surface area (Å²) in [6.07, 6.45) is 3.39. The molecule has 0 fully saturated rings. The van der Waals surface area contributed by atoms with Crippen molar-refractivity contribution < 1.29 is 4.79 Å². The molecule has 1 unspecified atom stereocenters. The number of unbranched alkanes of at least 4 members (excludes halogenated alkanes) is 2. The second kappa shape index (κ2) is 7.29. The topological polar surface area (TPSA) is 41.1 Å². The van der Waals surface area contributed by atoms with Crippen molar-refractivity contribution in [3.63, 3.8) is 0 Å². The zero-order chi connectivity index (χ0) is 14.4. The summed E-state index contributed by atoms with van der Waals surface area (Å²) in [6, 6.07) is 8.09. The highest BCUT2D eigenvalue weighted by atomic mass is 32.1. The van der Waals surface area contributed by atoms with Crippen LogP contribution >= 0.6 is 11.3 Å². The molecule has 2 rings (SSSR count). The Bertz CT molecular complexity index is 564. The zero-order valence-electron chi connectivity index (χ0n) is 12.1. The minimum absolute atomic E-state index is 0.0616. The Hall–Kier alpha value is -1.55. The van der Waals surface area contributed by atoms with Gasteiger partial charge in [0, 0.05) is 16.9 Å². The molecule has 3 nitrogen and oxygen atoms in total. The van der Waals surface area contributed by atoms with Crippen molar-refractivity contribution in [3.05, 3.63) is 29.6 Å². The van der Waals surface area contributed by atoms with Crippen molar-refractivity contribution in [2.24, 2.45) is 0 Å².